The predicted octanol–water partition coefficient (Wildman–Crippen LogP) is 0.127. The van der Waals surface area contributed by atoms with Crippen LogP contribution in [0.5, 0.6) is 0 Å². The third-order valence-corrected chi connectivity index (χ3v) is 4.61. The highest BCUT2D eigenvalue weighted by Gasteiger charge is 2.25. The van der Waals surface area contributed by atoms with Gasteiger partial charge in [0.05, 0.1) is 24.4 Å². The highest BCUT2D eigenvalue weighted by atomic mass is 16.3. The lowest BCUT2D eigenvalue weighted by Gasteiger charge is -2.33. The number of aliphatic hydroxyl groups is 1. The topological polar surface area (TPSA) is 84.9 Å². The van der Waals surface area contributed by atoms with Gasteiger partial charge < -0.3 is 15.7 Å². The average Bonchev–Trinajstić information content (AvgIpc) is 3.41. The van der Waals surface area contributed by atoms with Crippen LogP contribution in [0, 0.1) is 0 Å². The molecule has 3 N–H and O–H groups in total. The Morgan fingerprint density at radius 1 is 1.08 bits per heavy atom. The first kappa shape index (κ1) is 17.8. The summed E-state index contributed by atoms with van der Waals surface area (Å²) in [5.74, 6) is -0.238. The largest absolute Gasteiger partial charge is 0.395 e. The molecule has 0 bridgehead atoms. The number of aliphatic hydroxyl groups excluding tert-OH is 1. The molecule has 2 fully saturated rings. The molecule has 7 heteroatoms. The van der Waals surface area contributed by atoms with Gasteiger partial charge in [0.15, 0.2) is 0 Å². The van der Waals surface area contributed by atoms with Gasteiger partial charge in [0.2, 0.25) is 5.91 Å². The number of rotatable bonds is 7. The molecule has 0 unspecified atom stereocenters. The van der Waals surface area contributed by atoms with E-state index in [9.17, 15) is 9.59 Å². The van der Waals surface area contributed by atoms with Gasteiger partial charge in [0.25, 0.3) is 5.91 Å². The third-order valence-electron chi connectivity index (χ3n) is 4.61. The Bertz CT molecular complexity index is 610. The molecular formula is C18H26N4O3. The highest BCUT2D eigenvalue weighted by molar-refractivity contribution is 6.04. The molecule has 0 aromatic heterocycles. The summed E-state index contributed by atoms with van der Waals surface area (Å²) in [5, 5.41) is 14.8. The Morgan fingerprint density at radius 3 is 2.44 bits per heavy atom. The minimum atomic E-state index is -0.129. The first-order valence-electron chi connectivity index (χ1n) is 8.91. The lowest BCUT2D eigenvalue weighted by Crippen LogP contribution is -2.49. The number of benzene rings is 1. The summed E-state index contributed by atoms with van der Waals surface area (Å²) >= 11 is 0. The van der Waals surface area contributed by atoms with Crippen molar-refractivity contribution in [3.05, 3.63) is 29.8 Å². The van der Waals surface area contributed by atoms with E-state index in [0.29, 0.717) is 24.3 Å². The number of hydrogen-bond donors (Lipinski definition) is 3. The van der Waals surface area contributed by atoms with Crippen molar-refractivity contribution in [3.63, 3.8) is 0 Å². The first-order valence-corrected chi connectivity index (χ1v) is 8.91. The van der Waals surface area contributed by atoms with Crippen LogP contribution in [0.2, 0.25) is 0 Å². The van der Waals surface area contributed by atoms with Crippen molar-refractivity contribution in [3.8, 4) is 0 Å². The van der Waals surface area contributed by atoms with Gasteiger partial charge in [-0.25, -0.2) is 0 Å². The van der Waals surface area contributed by atoms with Gasteiger partial charge in [-0.05, 0) is 25.0 Å². The van der Waals surface area contributed by atoms with E-state index in [0.717, 1.165) is 39.0 Å². The van der Waals surface area contributed by atoms with Crippen LogP contribution in [-0.2, 0) is 4.79 Å². The van der Waals surface area contributed by atoms with Crippen LogP contribution in [0.4, 0.5) is 5.69 Å². The fourth-order valence-electron chi connectivity index (χ4n) is 2.99. The van der Waals surface area contributed by atoms with E-state index in [-0.39, 0.29) is 24.5 Å². The molecule has 1 aromatic rings. The van der Waals surface area contributed by atoms with Crippen LogP contribution in [0.15, 0.2) is 24.3 Å². The number of carbonyl (C=O) groups is 2. The molecule has 1 heterocycles. The summed E-state index contributed by atoms with van der Waals surface area (Å²) in [6, 6.07) is 7.40. The molecule has 1 aliphatic carbocycles. The molecule has 0 atom stereocenters. The van der Waals surface area contributed by atoms with Gasteiger partial charge in [0, 0.05) is 38.8 Å². The van der Waals surface area contributed by atoms with Crippen molar-refractivity contribution in [1.29, 1.82) is 0 Å². The molecular weight excluding hydrogens is 320 g/mol. The van der Waals surface area contributed by atoms with Crippen molar-refractivity contribution in [2.45, 2.75) is 18.9 Å². The number of carbonyl (C=O) groups excluding carboxylic acids is 2. The van der Waals surface area contributed by atoms with E-state index in [1.165, 1.54) is 0 Å². The first-order chi connectivity index (χ1) is 12.2. The van der Waals surface area contributed by atoms with E-state index in [1.807, 2.05) is 6.07 Å². The quantitative estimate of drug-likeness (QED) is 0.653. The molecule has 1 saturated heterocycles. The van der Waals surface area contributed by atoms with Crippen LogP contribution in [0.1, 0.15) is 23.2 Å². The number of hydrogen-bond acceptors (Lipinski definition) is 5. The summed E-state index contributed by atoms with van der Waals surface area (Å²) in [6.45, 7) is 4.48. The van der Waals surface area contributed by atoms with Crippen molar-refractivity contribution in [2.75, 3.05) is 51.2 Å². The molecule has 2 amide bonds. The standard InChI is InChI=1S/C18H26N4O3/c23-12-11-21-7-9-22(10-8-21)13-17(24)20-16-4-2-1-3-15(16)18(25)19-14-5-6-14/h1-4,14,23H,5-13H2,(H,19,25)(H,20,24). The van der Waals surface area contributed by atoms with E-state index in [1.54, 1.807) is 18.2 Å². The molecule has 3 rings (SSSR count). The fraction of sp³-hybridized carbons (Fsp3) is 0.556. The maximum absolute atomic E-state index is 12.4. The number of piperazine rings is 1. The summed E-state index contributed by atoms with van der Waals surface area (Å²) in [6.07, 6.45) is 2.06. The molecule has 1 aliphatic heterocycles. The van der Waals surface area contributed by atoms with Crippen LogP contribution >= 0.6 is 0 Å². The zero-order valence-electron chi connectivity index (χ0n) is 14.4. The second-order valence-electron chi connectivity index (χ2n) is 6.68. The van der Waals surface area contributed by atoms with Crippen molar-refractivity contribution in [2.24, 2.45) is 0 Å². The zero-order valence-corrected chi connectivity index (χ0v) is 14.4. The SMILES string of the molecule is O=C(CN1CCN(CCO)CC1)Nc1ccccc1C(=O)NC1CC1. The highest BCUT2D eigenvalue weighted by Crippen LogP contribution is 2.21. The number of amides is 2. The second-order valence-corrected chi connectivity index (χ2v) is 6.68. The zero-order chi connectivity index (χ0) is 17.6. The number of para-hydroxylation sites is 1. The Morgan fingerprint density at radius 2 is 1.76 bits per heavy atom. The average molecular weight is 346 g/mol. The van der Waals surface area contributed by atoms with Crippen molar-refractivity contribution in [1.82, 2.24) is 15.1 Å². The second kappa shape index (κ2) is 8.42. The Hall–Kier alpha value is -1.96. The molecule has 1 saturated carbocycles. The Labute approximate surface area is 148 Å². The van der Waals surface area contributed by atoms with E-state index < -0.39 is 0 Å². The lowest BCUT2D eigenvalue weighted by atomic mass is 10.1. The lowest BCUT2D eigenvalue weighted by molar-refractivity contribution is -0.117. The Balaban J connectivity index is 1.52. The van der Waals surface area contributed by atoms with E-state index in [2.05, 4.69) is 20.4 Å². The summed E-state index contributed by atoms with van der Waals surface area (Å²) in [4.78, 5) is 28.9. The van der Waals surface area contributed by atoms with Gasteiger partial charge in [-0.15, -0.1) is 0 Å². The molecule has 2 aliphatic rings. The van der Waals surface area contributed by atoms with Gasteiger partial charge in [0.1, 0.15) is 0 Å². The van der Waals surface area contributed by atoms with Crippen molar-refractivity contribution < 1.29 is 14.7 Å². The minimum Gasteiger partial charge on any atom is -0.395 e. The normalized spacial score (nSPS) is 18.8. The smallest absolute Gasteiger partial charge is 0.253 e. The fourth-order valence-corrected chi connectivity index (χ4v) is 2.99. The third kappa shape index (κ3) is 5.26. The van der Waals surface area contributed by atoms with Crippen LogP contribution < -0.4 is 10.6 Å². The molecule has 0 spiro atoms. The number of anilines is 1. The number of nitrogens with zero attached hydrogens (tertiary/aromatic N) is 2. The van der Waals surface area contributed by atoms with Gasteiger partial charge in [-0.1, -0.05) is 12.1 Å². The van der Waals surface area contributed by atoms with Gasteiger partial charge in [-0.2, -0.15) is 0 Å². The van der Waals surface area contributed by atoms with Crippen LogP contribution in [0.25, 0.3) is 0 Å². The van der Waals surface area contributed by atoms with Crippen molar-refractivity contribution >= 4 is 17.5 Å². The molecule has 1 aromatic carbocycles. The summed E-state index contributed by atoms with van der Waals surface area (Å²) in [7, 11) is 0. The monoisotopic (exact) mass is 346 g/mol. The predicted molar refractivity (Wildman–Crippen MR) is 95.5 cm³/mol. The molecule has 25 heavy (non-hydrogen) atoms. The minimum absolute atomic E-state index is 0.109. The maximum Gasteiger partial charge on any atom is 0.253 e. The summed E-state index contributed by atoms with van der Waals surface area (Å²) < 4.78 is 0. The number of nitrogens with one attached hydrogen (secondary N) is 2. The molecule has 136 valence electrons. The van der Waals surface area contributed by atoms with Crippen LogP contribution in [-0.4, -0.2) is 78.6 Å². The van der Waals surface area contributed by atoms with E-state index >= 15 is 0 Å². The van der Waals surface area contributed by atoms with Crippen LogP contribution in [0.3, 0.4) is 0 Å². The Kier molecular flexibility index (Phi) is 6.01. The van der Waals surface area contributed by atoms with Gasteiger partial charge in [-0.3, -0.25) is 19.4 Å². The molecule has 0 radical (unpaired) electrons. The van der Waals surface area contributed by atoms with Gasteiger partial charge >= 0.3 is 0 Å². The summed E-state index contributed by atoms with van der Waals surface area (Å²) in [5.41, 5.74) is 1.07. The maximum atomic E-state index is 12.4. The number of β-amino-alcohol motifs (C(OH)–C–C–N with tert-alkyl or cyclic N) is 1. The van der Waals surface area contributed by atoms with E-state index in [4.69, 9.17) is 5.11 Å². The molecule has 7 nitrogen and oxygen atoms in total.